The first-order chi connectivity index (χ1) is 10.6. The predicted molar refractivity (Wildman–Crippen MR) is 85.1 cm³/mol. The molecule has 0 saturated heterocycles. The average Bonchev–Trinajstić information content (AvgIpc) is 2.54. The fourth-order valence-corrected chi connectivity index (χ4v) is 2.48. The highest BCUT2D eigenvalue weighted by Gasteiger charge is 2.11. The van der Waals surface area contributed by atoms with Gasteiger partial charge in [-0.3, -0.25) is 14.9 Å². The van der Waals surface area contributed by atoms with Crippen LogP contribution >= 0.6 is 0 Å². The number of carbonyl (C=O) groups is 1. The molecule has 0 aliphatic carbocycles. The van der Waals surface area contributed by atoms with E-state index in [1.165, 1.54) is 12.1 Å². The summed E-state index contributed by atoms with van der Waals surface area (Å²) in [6, 6.07) is 19.5. The van der Waals surface area contributed by atoms with E-state index in [2.05, 4.69) is 0 Å². The Morgan fingerprint density at radius 3 is 2.32 bits per heavy atom. The van der Waals surface area contributed by atoms with Gasteiger partial charge in [0, 0.05) is 24.1 Å². The topological polar surface area (TPSA) is 60.2 Å². The maximum Gasteiger partial charge on any atom is 0.269 e. The van der Waals surface area contributed by atoms with Crippen molar-refractivity contribution in [1.82, 2.24) is 0 Å². The molecular weight excluding hydrogens is 278 g/mol. The first-order valence-electron chi connectivity index (χ1n) is 6.89. The van der Waals surface area contributed by atoms with Crippen LogP contribution in [-0.4, -0.2) is 10.7 Å². The number of nitro benzene ring substituents is 1. The Morgan fingerprint density at radius 2 is 1.59 bits per heavy atom. The van der Waals surface area contributed by atoms with Gasteiger partial charge in [0.25, 0.3) is 5.69 Å². The quantitative estimate of drug-likeness (QED) is 0.411. The second-order valence-electron chi connectivity index (χ2n) is 5.05. The van der Waals surface area contributed by atoms with Gasteiger partial charge in [-0.1, -0.05) is 54.6 Å². The Labute approximate surface area is 127 Å². The molecule has 3 aromatic rings. The van der Waals surface area contributed by atoms with Crippen molar-refractivity contribution in [3.63, 3.8) is 0 Å². The number of fused-ring (bicyclic) bond motifs is 1. The summed E-state index contributed by atoms with van der Waals surface area (Å²) in [5.41, 5.74) is 1.47. The van der Waals surface area contributed by atoms with Crippen molar-refractivity contribution in [2.24, 2.45) is 0 Å². The van der Waals surface area contributed by atoms with Crippen molar-refractivity contribution in [1.29, 1.82) is 0 Å². The first kappa shape index (κ1) is 13.9. The summed E-state index contributed by atoms with van der Waals surface area (Å²) < 4.78 is 0. The summed E-state index contributed by atoms with van der Waals surface area (Å²) in [5.74, 6) is 0.00523. The van der Waals surface area contributed by atoms with Gasteiger partial charge in [-0.15, -0.1) is 0 Å². The van der Waals surface area contributed by atoms with Gasteiger partial charge in [-0.2, -0.15) is 0 Å². The van der Waals surface area contributed by atoms with E-state index < -0.39 is 4.92 Å². The van der Waals surface area contributed by atoms with Crippen LogP contribution in [-0.2, 0) is 6.42 Å². The van der Waals surface area contributed by atoms with Crippen LogP contribution in [0.3, 0.4) is 0 Å². The molecule has 0 bridgehead atoms. The molecule has 0 spiro atoms. The Morgan fingerprint density at radius 1 is 0.909 bits per heavy atom. The summed E-state index contributed by atoms with van der Waals surface area (Å²) in [5, 5.41) is 12.6. The molecule has 0 amide bonds. The van der Waals surface area contributed by atoms with Crippen molar-refractivity contribution in [3.8, 4) is 0 Å². The minimum Gasteiger partial charge on any atom is -0.294 e. The lowest BCUT2D eigenvalue weighted by Crippen LogP contribution is -2.04. The molecule has 3 rings (SSSR count). The molecule has 0 aromatic heterocycles. The average molecular weight is 291 g/mol. The molecule has 0 saturated carbocycles. The van der Waals surface area contributed by atoms with Crippen LogP contribution in [0.5, 0.6) is 0 Å². The van der Waals surface area contributed by atoms with Crippen molar-refractivity contribution >= 4 is 22.2 Å². The fraction of sp³-hybridized carbons (Fsp3) is 0.0556. The fourth-order valence-electron chi connectivity index (χ4n) is 2.48. The van der Waals surface area contributed by atoms with Crippen LogP contribution in [0.2, 0.25) is 0 Å². The van der Waals surface area contributed by atoms with E-state index in [4.69, 9.17) is 0 Å². The van der Waals surface area contributed by atoms with E-state index in [0.717, 1.165) is 16.3 Å². The largest absolute Gasteiger partial charge is 0.294 e. The van der Waals surface area contributed by atoms with Gasteiger partial charge in [-0.05, 0) is 16.3 Å². The third-order valence-corrected chi connectivity index (χ3v) is 3.60. The van der Waals surface area contributed by atoms with Gasteiger partial charge in [0.05, 0.1) is 4.92 Å². The van der Waals surface area contributed by atoms with Crippen molar-refractivity contribution < 1.29 is 9.72 Å². The van der Waals surface area contributed by atoms with Gasteiger partial charge in [0.15, 0.2) is 5.78 Å². The second kappa shape index (κ2) is 5.77. The lowest BCUT2D eigenvalue weighted by molar-refractivity contribution is -0.384. The molecule has 0 radical (unpaired) electrons. The number of non-ortho nitro benzene ring substituents is 1. The smallest absolute Gasteiger partial charge is 0.269 e. The zero-order valence-corrected chi connectivity index (χ0v) is 11.7. The normalized spacial score (nSPS) is 10.5. The number of benzene rings is 3. The maximum atomic E-state index is 12.5. The van der Waals surface area contributed by atoms with Gasteiger partial charge in [0.2, 0.25) is 0 Å². The Hall–Kier alpha value is -3.01. The second-order valence-corrected chi connectivity index (χ2v) is 5.05. The molecule has 0 atom stereocenters. The molecule has 4 nitrogen and oxygen atoms in total. The zero-order chi connectivity index (χ0) is 15.5. The monoisotopic (exact) mass is 291 g/mol. The van der Waals surface area contributed by atoms with Gasteiger partial charge in [0.1, 0.15) is 0 Å². The van der Waals surface area contributed by atoms with Crippen molar-refractivity contribution in [2.45, 2.75) is 6.42 Å². The van der Waals surface area contributed by atoms with Crippen LogP contribution in [0.1, 0.15) is 15.9 Å². The molecule has 0 N–H and O–H groups in total. The number of nitro groups is 1. The maximum absolute atomic E-state index is 12.5. The Balaban J connectivity index is 1.89. The highest BCUT2D eigenvalue weighted by molar-refractivity contribution is 6.08. The molecule has 0 heterocycles. The number of Topliss-reactive ketones (excluding diaryl/α,β-unsaturated/α-hetero) is 1. The molecule has 4 heteroatoms. The van der Waals surface area contributed by atoms with Gasteiger partial charge in [-0.25, -0.2) is 0 Å². The highest BCUT2D eigenvalue weighted by Crippen LogP contribution is 2.21. The molecule has 3 aromatic carbocycles. The molecule has 0 unspecified atom stereocenters. The minimum absolute atomic E-state index is 0.00523. The summed E-state index contributed by atoms with van der Waals surface area (Å²) in [6.45, 7) is 0. The summed E-state index contributed by atoms with van der Waals surface area (Å²) in [4.78, 5) is 22.7. The van der Waals surface area contributed by atoms with E-state index in [0.29, 0.717) is 5.56 Å². The number of rotatable bonds is 4. The van der Waals surface area contributed by atoms with E-state index in [9.17, 15) is 14.9 Å². The predicted octanol–water partition coefficient (Wildman–Crippen LogP) is 4.17. The molecule has 108 valence electrons. The number of ketones is 1. The van der Waals surface area contributed by atoms with Crippen LogP contribution < -0.4 is 0 Å². The van der Waals surface area contributed by atoms with Crippen molar-refractivity contribution in [2.75, 3.05) is 0 Å². The lowest BCUT2D eigenvalue weighted by Gasteiger charge is -2.06. The van der Waals surface area contributed by atoms with Crippen LogP contribution in [0.25, 0.3) is 10.8 Å². The number of carbonyl (C=O) groups excluding carboxylic acids is 1. The van der Waals surface area contributed by atoms with E-state index >= 15 is 0 Å². The number of hydrogen-bond donors (Lipinski definition) is 0. The van der Waals surface area contributed by atoms with Crippen LogP contribution in [0, 0.1) is 10.1 Å². The van der Waals surface area contributed by atoms with Gasteiger partial charge < -0.3 is 0 Å². The number of nitrogens with zero attached hydrogens (tertiary/aromatic N) is 1. The standard InChI is InChI=1S/C18H13NO3/c20-18(12-13-8-10-15(11-9-13)19(21)22)17-7-3-5-14-4-1-2-6-16(14)17/h1-11H,12H2. The minimum atomic E-state index is -0.448. The number of hydrogen-bond acceptors (Lipinski definition) is 3. The molecular formula is C18H13NO3. The Bertz CT molecular complexity index is 848. The molecule has 22 heavy (non-hydrogen) atoms. The third kappa shape index (κ3) is 2.72. The Kier molecular flexibility index (Phi) is 3.66. The summed E-state index contributed by atoms with van der Waals surface area (Å²) in [6.07, 6.45) is 0.228. The van der Waals surface area contributed by atoms with Crippen LogP contribution in [0.15, 0.2) is 66.7 Å². The third-order valence-electron chi connectivity index (χ3n) is 3.60. The SMILES string of the molecule is O=C(Cc1ccc([N+](=O)[O-])cc1)c1cccc2ccccc12. The van der Waals surface area contributed by atoms with E-state index in [1.54, 1.807) is 12.1 Å². The van der Waals surface area contributed by atoms with E-state index in [1.807, 2.05) is 42.5 Å². The van der Waals surface area contributed by atoms with Crippen molar-refractivity contribution in [3.05, 3.63) is 88.0 Å². The summed E-state index contributed by atoms with van der Waals surface area (Å²) in [7, 11) is 0. The van der Waals surface area contributed by atoms with Crippen LogP contribution in [0.4, 0.5) is 5.69 Å². The first-order valence-corrected chi connectivity index (χ1v) is 6.89. The zero-order valence-electron chi connectivity index (χ0n) is 11.7. The lowest BCUT2D eigenvalue weighted by atomic mass is 9.97. The molecule has 0 aliphatic heterocycles. The molecule has 0 aliphatic rings. The van der Waals surface area contributed by atoms with Gasteiger partial charge >= 0.3 is 0 Å². The molecule has 0 fully saturated rings. The van der Waals surface area contributed by atoms with E-state index in [-0.39, 0.29) is 17.9 Å². The highest BCUT2D eigenvalue weighted by atomic mass is 16.6. The summed E-state index contributed by atoms with van der Waals surface area (Å²) >= 11 is 0.